The monoisotopic (exact) mass is 1030 g/mol. The van der Waals surface area contributed by atoms with Crippen molar-refractivity contribution in [2.24, 2.45) is 34.7 Å². The van der Waals surface area contributed by atoms with Gasteiger partial charge < -0.3 is 62.0 Å². The quantitative estimate of drug-likeness (QED) is 0.0805. The molecule has 0 aromatic heterocycles. The highest BCUT2D eigenvalue weighted by Gasteiger charge is 2.55. The Hall–Kier alpha value is -0.849. The molecule has 3 aliphatic rings. The molecule has 406 valence electrons. The minimum atomic E-state index is -2.58. The maximum atomic E-state index is 14.8. The van der Waals surface area contributed by atoms with Crippen LogP contribution in [0.4, 0.5) is 0 Å². The molecule has 0 unspecified atom stereocenters. The van der Waals surface area contributed by atoms with Crippen LogP contribution in [0, 0.1) is 29.6 Å². The number of carbonyl (C=O) groups excluding carboxylic acids is 1. The van der Waals surface area contributed by atoms with Gasteiger partial charge in [0.1, 0.15) is 17.8 Å². The molecule has 0 amide bonds. The number of esters is 1. The van der Waals surface area contributed by atoms with E-state index in [-0.39, 0.29) is 48.5 Å². The standard InChI is InChI=1S/C51H102N2O13Si3/c1-26-38-51(14,57)43(54)33(6)40(52-66-69(24,25)48(10,11)30(2)3)31(4)28-49(12,56)44(63-47-42(64-67(18,19)20)37(53(15)16)27-32(5)59-47)34(7)41(35(8)46(55)61-38)62-39-29-50(13,58-17)45(36(9)60-39)65-68(21,22)23/h30-39,41-45,47,54,56-57H,26-29H2,1-25H3/b52-40+/t31-,32-,33+,34+,35-,36+,37+,38-,39+,41+,42-,43-,44-,45+,47+,49-,50-,51-/m1/s1. The first-order valence-electron chi connectivity index (χ1n) is 26.0. The summed E-state index contributed by atoms with van der Waals surface area (Å²) in [6.07, 6.45) is -6.76. The SMILES string of the molecule is CC[C@H]1OC(=O)[C@H](C)[C@@H](O[C@H]2C[C@@](C)(OC)[C@@H](O[Si](C)(C)C)[C@H](C)O2)[C@H](C)[C@@H](O[C@@H]2O[C@H](C)C[C@H](N(C)C)[C@H]2O[Si](C)(C)C)[C@](C)(O)C[C@@H](C)/C(=N\O[Si](C)(C)C(C)(C)C(C)C)[C@H](C)[C@@H](O)[C@]1(C)O. The first kappa shape index (κ1) is 62.4. The highest BCUT2D eigenvalue weighted by Crippen LogP contribution is 2.46. The molecule has 0 bridgehead atoms. The summed E-state index contributed by atoms with van der Waals surface area (Å²) in [5.74, 6) is -3.44. The average Bonchev–Trinajstić information content (AvgIpc) is 3.20. The molecular formula is C51H102N2O13Si3. The number of methoxy groups -OCH3 is 1. The number of aliphatic hydroxyl groups is 3. The molecule has 3 saturated heterocycles. The van der Waals surface area contributed by atoms with Gasteiger partial charge in [0.15, 0.2) is 29.2 Å². The molecule has 15 nitrogen and oxygen atoms in total. The molecule has 18 heteroatoms. The number of carbonyl (C=O) groups is 1. The van der Waals surface area contributed by atoms with Gasteiger partial charge in [-0.05, 0) is 138 Å². The third kappa shape index (κ3) is 15.2. The first-order chi connectivity index (χ1) is 31.2. The van der Waals surface area contributed by atoms with E-state index in [1.807, 2.05) is 55.6 Å². The Kier molecular flexibility index (Phi) is 21.1. The van der Waals surface area contributed by atoms with E-state index in [2.05, 4.69) is 85.0 Å². The van der Waals surface area contributed by atoms with E-state index in [1.54, 1.807) is 27.9 Å². The van der Waals surface area contributed by atoms with Crippen LogP contribution in [-0.4, -0.2) is 162 Å². The topological polar surface area (TPSA) is 176 Å². The van der Waals surface area contributed by atoms with Crippen LogP contribution in [-0.2, 0) is 46.6 Å². The lowest BCUT2D eigenvalue weighted by molar-refractivity contribution is -0.315. The second-order valence-corrected chi connectivity index (χ2v) is 38.9. The molecule has 3 N–H and O–H groups in total. The minimum Gasteiger partial charge on any atom is -0.459 e. The summed E-state index contributed by atoms with van der Waals surface area (Å²) < 4.78 is 60.6. The van der Waals surface area contributed by atoms with Crippen molar-refractivity contribution < 1.29 is 61.9 Å². The van der Waals surface area contributed by atoms with Crippen molar-refractivity contribution in [3.05, 3.63) is 0 Å². The maximum absolute atomic E-state index is 14.8. The van der Waals surface area contributed by atoms with E-state index in [0.717, 1.165) is 0 Å². The zero-order valence-electron chi connectivity index (χ0n) is 47.9. The van der Waals surface area contributed by atoms with Crippen molar-refractivity contribution in [3.8, 4) is 0 Å². The Morgan fingerprint density at radius 1 is 0.841 bits per heavy atom. The molecular weight excluding hydrogens is 933 g/mol. The molecule has 69 heavy (non-hydrogen) atoms. The third-order valence-corrected chi connectivity index (χ3v) is 22.3. The first-order valence-corrected chi connectivity index (χ1v) is 35.7. The molecule has 0 aromatic rings. The smallest absolute Gasteiger partial charge is 0.311 e. The van der Waals surface area contributed by atoms with Gasteiger partial charge in [-0.3, -0.25) is 4.79 Å². The molecule has 0 saturated carbocycles. The predicted octanol–water partition coefficient (Wildman–Crippen LogP) is 8.95. The van der Waals surface area contributed by atoms with Gasteiger partial charge in [-0.15, -0.1) is 5.16 Å². The average molecular weight is 1040 g/mol. The zero-order valence-corrected chi connectivity index (χ0v) is 50.9. The van der Waals surface area contributed by atoms with Crippen LogP contribution in [0.1, 0.15) is 123 Å². The Morgan fingerprint density at radius 2 is 1.41 bits per heavy atom. The molecule has 3 rings (SSSR count). The number of oxime groups is 1. The van der Waals surface area contributed by atoms with Gasteiger partial charge in [0.25, 0.3) is 8.32 Å². The van der Waals surface area contributed by atoms with Crippen LogP contribution in [0.25, 0.3) is 0 Å². The van der Waals surface area contributed by atoms with Gasteiger partial charge in [-0.1, -0.05) is 55.4 Å². The van der Waals surface area contributed by atoms with E-state index in [0.29, 0.717) is 12.1 Å². The summed E-state index contributed by atoms with van der Waals surface area (Å²) >= 11 is 0. The Balaban J connectivity index is 2.38. The van der Waals surface area contributed by atoms with E-state index in [9.17, 15) is 20.1 Å². The molecule has 0 aromatic carbocycles. The van der Waals surface area contributed by atoms with Gasteiger partial charge in [-0.2, -0.15) is 0 Å². The number of rotatable bonds is 15. The van der Waals surface area contributed by atoms with Gasteiger partial charge >= 0.3 is 5.97 Å². The van der Waals surface area contributed by atoms with Crippen molar-refractivity contribution in [2.45, 2.75) is 264 Å². The molecule has 0 radical (unpaired) electrons. The fourth-order valence-electron chi connectivity index (χ4n) is 10.7. The van der Waals surface area contributed by atoms with Gasteiger partial charge in [-0.25, -0.2) is 0 Å². The van der Waals surface area contributed by atoms with Crippen LogP contribution in [0.2, 0.25) is 57.4 Å². The summed E-state index contributed by atoms with van der Waals surface area (Å²) in [6.45, 7) is 44.2. The third-order valence-electron chi connectivity index (χ3n) is 16.1. The van der Waals surface area contributed by atoms with Gasteiger partial charge in [0.05, 0.1) is 59.5 Å². The van der Waals surface area contributed by atoms with E-state index < -0.39 is 121 Å². The van der Waals surface area contributed by atoms with Gasteiger partial charge in [0, 0.05) is 37.3 Å². The Bertz CT molecular complexity index is 1690. The van der Waals surface area contributed by atoms with Crippen molar-refractivity contribution in [2.75, 3.05) is 21.2 Å². The summed E-state index contributed by atoms with van der Waals surface area (Å²) in [5.41, 5.74) is -3.97. The lowest BCUT2D eigenvalue weighted by atomic mass is 9.73. The number of ether oxygens (including phenoxy) is 6. The van der Waals surface area contributed by atoms with Gasteiger partial charge in [0.2, 0.25) is 0 Å². The van der Waals surface area contributed by atoms with Crippen molar-refractivity contribution in [1.29, 1.82) is 0 Å². The lowest BCUT2D eigenvalue weighted by Crippen LogP contribution is -2.62. The van der Waals surface area contributed by atoms with Crippen LogP contribution in [0.5, 0.6) is 0 Å². The van der Waals surface area contributed by atoms with Crippen LogP contribution >= 0.6 is 0 Å². The molecule has 3 heterocycles. The summed E-state index contributed by atoms with van der Waals surface area (Å²) in [4.78, 5) is 17.0. The molecule has 18 atom stereocenters. The van der Waals surface area contributed by atoms with E-state index in [4.69, 9.17) is 47.0 Å². The van der Waals surface area contributed by atoms with Crippen molar-refractivity contribution in [3.63, 3.8) is 0 Å². The molecule has 0 spiro atoms. The van der Waals surface area contributed by atoms with E-state index >= 15 is 0 Å². The summed E-state index contributed by atoms with van der Waals surface area (Å²) in [7, 11) is -1.14. The van der Waals surface area contributed by atoms with Crippen LogP contribution < -0.4 is 0 Å². The second kappa shape index (κ2) is 23.4. The molecule has 3 aliphatic heterocycles. The predicted molar refractivity (Wildman–Crippen MR) is 281 cm³/mol. The largest absolute Gasteiger partial charge is 0.459 e. The van der Waals surface area contributed by atoms with E-state index in [1.165, 1.54) is 6.92 Å². The lowest BCUT2D eigenvalue weighted by Gasteiger charge is -2.51. The second-order valence-electron chi connectivity index (χ2n) is 25.5. The number of cyclic esters (lactones) is 1. The summed E-state index contributed by atoms with van der Waals surface area (Å²) in [6, 6.07) is -0.0705. The summed E-state index contributed by atoms with van der Waals surface area (Å²) in [5, 5.41) is 42.8. The van der Waals surface area contributed by atoms with Crippen LogP contribution in [0.3, 0.4) is 0 Å². The molecule has 3 fully saturated rings. The highest BCUT2D eigenvalue weighted by molar-refractivity contribution is 6.74. The number of hydrogen-bond acceptors (Lipinski definition) is 15. The molecule has 0 aliphatic carbocycles. The fraction of sp³-hybridized carbons (Fsp3) is 0.961. The minimum absolute atomic E-state index is 0.0705. The highest BCUT2D eigenvalue weighted by atomic mass is 28.4. The Morgan fingerprint density at radius 3 is 1.90 bits per heavy atom. The Labute approximate surface area is 422 Å². The zero-order chi connectivity index (χ0) is 53.4. The fourth-order valence-corrected chi connectivity index (χ4v) is 14.9. The van der Waals surface area contributed by atoms with Crippen molar-refractivity contribution in [1.82, 2.24) is 4.90 Å². The number of hydrogen-bond donors (Lipinski definition) is 3. The maximum Gasteiger partial charge on any atom is 0.311 e. The van der Waals surface area contributed by atoms with Crippen molar-refractivity contribution >= 4 is 36.6 Å². The number of aliphatic hydroxyl groups excluding tert-OH is 1. The van der Waals surface area contributed by atoms with Crippen LogP contribution in [0.15, 0.2) is 5.16 Å². The number of likely N-dealkylation sites (N-methyl/N-ethyl adjacent to an activating group) is 1. The normalized spacial score (nSPS) is 41.6. The number of nitrogens with zero attached hydrogens (tertiary/aromatic N) is 2.